The van der Waals surface area contributed by atoms with Gasteiger partial charge in [-0.1, -0.05) is 11.6 Å². The van der Waals surface area contributed by atoms with Crippen molar-refractivity contribution in [1.82, 2.24) is 10.6 Å². The molecule has 0 saturated carbocycles. The van der Waals surface area contributed by atoms with Gasteiger partial charge < -0.3 is 29.0 Å². The van der Waals surface area contributed by atoms with E-state index in [0.717, 1.165) is 16.7 Å². The van der Waals surface area contributed by atoms with Crippen LogP contribution in [0.25, 0.3) is 6.08 Å². The molecule has 0 spiro atoms. The van der Waals surface area contributed by atoms with Crippen LogP contribution < -0.4 is 29.6 Å². The smallest absolute Gasteiger partial charge is 0.304 e. The van der Waals surface area contributed by atoms with Gasteiger partial charge in [-0.3, -0.25) is 10.1 Å². The summed E-state index contributed by atoms with van der Waals surface area (Å²) in [6.07, 6.45) is 1.55. The molecule has 1 unspecified atom stereocenters. The Morgan fingerprint density at radius 2 is 1.62 bits per heavy atom. The third-order valence-electron chi connectivity index (χ3n) is 4.98. The van der Waals surface area contributed by atoms with Crippen molar-refractivity contribution in [1.29, 1.82) is 0 Å². The molecule has 1 atom stereocenters. The summed E-state index contributed by atoms with van der Waals surface area (Å²) in [4.78, 5) is 11.3. The van der Waals surface area contributed by atoms with E-state index >= 15 is 0 Å². The summed E-state index contributed by atoms with van der Waals surface area (Å²) in [6.45, 7) is 4.63. The third-order valence-corrected chi connectivity index (χ3v) is 5.22. The minimum absolute atomic E-state index is 0.348. The normalized spacial score (nSPS) is 12.1. The molecular weight excluding hydrogens is 460 g/mol. The van der Waals surface area contributed by atoms with E-state index in [9.17, 15) is 4.79 Å². The molecule has 0 heterocycles. The Morgan fingerprint density at radius 1 is 0.971 bits per heavy atom. The Kier molecular flexibility index (Phi) is 11.0. The summed E-state index contributed by atoms with van der Waals surface area (Å²) in [6, 6.07) is 9.07. The molecule has 2 N–H and O–H groups in total. The van der Waals surface area contributed by atoms with Crippen LogP contribution in [0, 0.1) is 0 Å². The molecule has 2 rings (SSSR count). The van der Waals surface area contributed by atoms with Gasteiger partial charge in [0.15, 0.2) is 6.23 Å². The number of ether oxygens (including phenoxy) is 5. The molecule has 0 aliphatic heterocycles. The fraction of sp³-hybridized carbons (Fsp3) is 0.400. The maximum Gasteiger partial charge on any atom is 0.304 e. The van der Waals surface area contributed by atoms with Crippen LogP contribution in [0.3, 0.4) is 0 Å². The van der Waals surface area contributed by atoms with Crippen molar-refractivity contribution in [2.45, 2.75) is 26.6 Å². The van der Waals surface area contributed by atoms with E-state index in [-0.39, 0.29) is 5.97 Å². The minimum Gasteiger partial charge on any atom is -0.496 e. The van der Waals surface area contributed by atoms with Gasteiger partial charge in [-0.15, -0.1) is 0 Å². The minimum atomic E-state index is -0.441. The summed E-state index contributed by atoms with van der Waals surface area (Å²) in [5.74, 6) is 2.32. The molecule has 0 amide bonds. The molecule has 2 aromatic carbocycles. The fourth-order valence-corrected chi connectivity index (χ4v) is 3.55. The molecule has 8 nitrogen and oxygen atoms in total. The topological polar surface area (TPSA) is 87.3 Å². The Hall–Kier alpha value is -2.94. The van der Waals surface area contributed by atoms with Crippen LogP contribution in [0.5, 0.6) is 23.0 Å². The number of nitrogens with one attached hydrogen (secondary N) is 2. The highest BCUT2D eigenvalue weighted by Crippen LogP contribution is 2.34. The lowest BCUT2D eigenvalue weighted by molar-refractivity contribution is -0.146. The van der Waals surface area contributed by atoms with Gasteiger partial charge in [-0.2, -0.15) is 0 Å². The average molecular weight is 493 g/mol. The van der Waals surface area contributed by atoms with Gasteiger partial charge in [0, 0.05) is 49.3 Å². The number of hydrogen-bond acceptors (Lipinski definition) is 8. The molecule has 0 aliphatic rings. The molecule has 0 aliphatic carbocycles. The second kappa shape index (κ2) is 13.7. The maximum atomic E-state index is 11.3. The Morgan fingerprint density at radius 3 is 2.18 bits per heavy atom. The average Bonchev–Trinajstić information content (AvgIpc) is 2.81. The summed E-state index contributed by atoms with van der Waals surface area (Å²) in [5, 5.41) is 7.24. The van der Waals surface area contributed by atoms with Crippen LogP contribution in [0.1, 0.15) is 25.0 Å². The third kappa shape index (κ3) is 8.13. The van der Waals surface area contributed by atoms with Gasteiger partial charge in [-0.25, -0.2) is 0 Å². The zero-order valence-corrected chi connectivity index (χ0v) is 21.2. The first-order chi connectivity index (χ1) is 16.3. The summed E-state index contributed by atoms with van der Waals surface area (Å²) in [7, 11) is 6.42. The SMILES string of the molecule is COc1cc(OC)c(CNCC(=Cc2cc(Cl)ccc2OC)CNC(C)OC(C)=O)c(OC)c1. The number of methoxy groups -OCH3 is 4. The zero-order chi connectivity index (χ0) is 25.1. The van der Waals surface area contributed by atoms with E-state index in [1.807, 2.05) is 30.3 Å². The quantitative estimate of drug-likeness (QED) is 0.320. The first-order valence-electron chi connectivity index (χ1n) is 10.7. The van der Waals surface area contributed by atoms with Gasteiger partial charge in [0.05, 0.1) is 34.0 Å². The van der Waals surface area contributed by atoms with Crippen LogP contribution in [-0.2, 0) is 16.1 Å². The molecule has 34 heavy (non-hydrogen) atoms. The van der Waals surface area contributed by atoms with Crippen molar-refractivity contribution in [2.75, 3.05) is 41.5 Å². The molecule has 9 heteroatoms. The second-order valence-corrected chi connectivity index (χ2v) is 7.87. The lowest BCUT2D eigenvalue weighted by Gasteiger charge is -2.18. The van der Waals surface area contributed by atoms with Crippen LogP contribution in [-0.4, -0.2) is 53.7 Å². The first kappa shape index (κ1) is 27.3. The van der Waals surface area contributed by atoms with Gasteiger partial charge >= 0.3 is 5.97 Å². The van der Waals surface area contributed by atoms with Crippen molar-refractivity contribution >= 4 is 23.6 Å². The van der Waals surface area contributed by atoms with Crippen LogP contribution >= 0.6 is 11.6 Å². The van der Waals surface area contributed by atoms with E-state index in [1.165, 1.54) is 6.92 Å². The standard InChI is InChI=1S/C25H33ClN2O6/c1-16(34-17(2)29)28-14-18(9-19-10-20(26)7-8-23(19)31-4)13-27-15-22-24(32-5)11-21(30-3)12-25(22)33-6/h7-12,16,27-28H,13-15H2,1-6H3. The second-order valence-electron chi connectivity index (χ2n) is 7.44. The molecule has 0 aromatic heterocycles. The number of esters is 1. The van der Waals surface area contributed by atoms with Crippen molar-refractivity contribution in [2.24, 2.45) is 0 Å². The van der Waals surface area contributed by atoms with E-state index in [1.54, 1.807) is 41.4 Å². The van der Waals surface area contributed by atoms with Gasteiger partial charge in [0.1, 0.15) is 23.0 Å². The Bertz CT molecular complexity index is 970. The van der Waals surface area contributed by atoms with E-state index in [4.69, 9.17) is 35.3 Å². The molecular formula is C25H33ClN2O6. The zero-order valence-electron chi connectivity index (χ0n) is 20.5. The summed E-state index contributed by atoms with van der Waals surface area (Å²) in [5.41, 5.74) is 2.70. The molecule has 2 aromatic rings. The Labute approximate surface area is 206 Å². The van der Waals surface area contributed by atoms with Crippen LogP contribution in [0.2, 0.25) is 5.02 Å². The first-order valence-corrected chi connectivity index (χ1v) is 11.1. The van der Waals surface area contributed by atoms with Gasteiger partial charge in [-0.05, 0) is 36.8 Å². The number of carbonyl (C=O) groups excluding carboxylic acids is 1. The maximum absolute atomic E-state index is 11.3. The number of rotatable bonds is 13. The highest BCUT2D eigenvalue weighted by molar-refractivity contribution is 6.30. The van der Waals surface area contributed by atoms with E-state index < -0.39 is 6.23 Å². The number of benzene rings is 2. The molecule has 0 saturated heterocycles. The number of carbonyl (C=O) groups is 1. The van der Waals surface area contributed by atoms with E-state index in [0.29, 0.717) is 47.7 Å². The fourth-order valence-electron chi connectivity index (χ4n) is 3.37. The van der Waals surface area contributed by atoms with Crippen molar-refractivity contribution in [3.05, 3.63) is 52.1 Å². The number of hydrogen-bond donors (Lipinski definition) is 2. The molecule has 186 valence electrons. The lowest BCUT2D eigenvalue weighted by Crippen LogP contribution is -2.33. The highest BCUT2D eigenvalue weighted by atomic mass is 35.5. The van der Waals surface area contributed by atoms with Crippen molar-refractivity contribution in [3.63, 3.8) is 0 Å². The largest absolute Gasteiger partial charge is 0.496 e. The summed E-state index contributed by atoms with van der Waals surface area (Å²) >= 11 is 6.21. The highest BCUT2D eigenvalue weighted by Gasteiger charge is 2.14. The Balaban J connectivity index is 2.24. The molecule has 0 radical (unpaired) electrons. The predicted octanol–water partition coefficient (Wildman–Crippen LogP) is 4.05. The van der Waals surface area contributed by atoms with Crippen LogP contribution in [0.4, 0.5) is 0 Å². The predicted molar refractivity (Wildman–Crippen MR) is 133 cm³/mol. The van der Waals surface area contributed by atoms with Gasteiger partial charge in [0.2, 0.25) is 0 Å². The molecule has 0 bridgehead atoms. The van der Waals surface area contributed by atoms with Crippen molar-refractivity contribution in [3.8, 4) is 23.0 Å². The van der Waals surface area contributed by atoms with Crippen molar-refractivity contribution < 1.29 is 28.5 Å². The lowest BCUT2D eigenvalue weighted by atomic mass is 10.1. The molecule has 0 fully saturated rings. The monoisotopic (exact) mass is 492 g/mol. The van der Waals surface area contributed by atoms with Gasteiger partial charge in [0.25, 0.3) is 0 Å². The van der Waals surface area contributed by atoms with E-state index in [2.05, 4.69) is 10.6 Å². The summed E-state index contributed by atoms with van der Waals surface area (Å²) < 4.78 is 27.1. The number of halogens is 1. The van der Waals surface area contributed by atoms with Crippen LogP contribution in [0.15, 0.2) is 35.9 Å².